The van der Waals surface area contributed by atoms with Gasteiger partial charge in [-0.05, 0) is 23.8 Å². The number of aromatic hydroxyl groups is 2. The number of rotatable bonds is 8. The van der Waals surface area contributed by atoms with E-state index < -0.39 is 35.0 Å². The van der Waals surface area contributed by atoms with E-state index in [2.05, 4.69) is 20.5 Å². The Morgan fingerprint density at radius 3 is 2.71 bits per heavy atom. The number of phenols is 2. The number of Topliss-reactive ketones (excluding diaryl/α,β-unsaturated/α-hetero) is 1. The standard InChI is InChI=1S/C21H16N6O8S3/c22-20-23-9(6-37-20)14(30)15(31)24-12-17(32)27-13(19(33)34)8(4-36-18(12)27)5-38-21-26-25-16(35-21)7-1-2-10(28)11(29)3-7/h1-3,6,12,18,28-29H,4-5H2,(H2,22,23)(H,24,31)(H,33,34)/t12-,18-/m1/s1. The quantitative estimate of drug-likeness (QED) is 0.0826. The minimum atomic E-state index is -1.32. The first kappa shape index (κ1) is 25.6. The molecule has 38 heavy (non-hydrogen) atoms. The number of carbonyl (C=O) groups excluding carboxylic acids is 3. The molecule has 0 bridgehead atoms. The van der Waals surface area contributed by atoms with E-state index in [1.165, 1.54) is 35.3 Å². The van der Waals surface area contributed by atoms with Crippen molar-refractivity contribution in [2.75, 3.05) is 17.2 Å². The molecule has 1 fully saturated rings. The van der Waals surface area contributed by atoms with Crippen LogP contribution in [0.1, 0.15) is 10.5 Å². The number of aliphatic carboxylic acids is 1. The molecule has 4 heterocycles. The summed E-state index contributed by atoms with van der Waals surface area (Å²) in [6.45, 7) is 0. The zero-order chi connectivity index (χ0) is 27.1. The van der Waals surface area contributed by atoms with Crippen LogP contribution in [0.5, 0.6) is 11.5 Å². The van der Waals surface area contributed by atoms with E-state index in [9.17, 15) is 34.5 Å². The molecule has 0 unspecified atom stereocenters. The van der Waals surface area contributed by atoms with Crippen molar-refractivity contribution in [2.45, 2.75) is 16.6 Å². The van der Waals surface area contributed by atoms with Gasteiger partial charge in [-0.2, -0.15) is 0 Å². The number of ketones is 1. The highest BCUT2D eigenvalue weighted by molar-refractivity contribution is 8.01. The van der Waals surface area contributed by atoms with Gasteiger partial charge in [-0.25, -0.2) is 9.78 Å². The second kappa shape index (κ2) is 9.99. The number of carboxylic acid groups (broad SMARTS) is 1. The zero-order valence-electron chi connectivity index (χ0n) is 18.9. The van der Waals surface area contributed by atoms with Crippen LogP contribution in [0.15, 0.2) is 44.5 Å². The van der Waals surface area contributed by atoms with Crippen molar-refractivity contribution in [3.63, 3.8) is 0 Å². The lowest BCUT2D eigenvalue weighted by Gasteiger charge is -2.49. The Morgan fingerprint density at radius 1 is 1.24 bits per heavy atom. The molecule has 17 heteroatoms. The minimum absolute atomic E-state index is 0.0831. The summed E-state index contributed by atoms with van der Waals surface area (Å²) >= 11 is 3.29. The number of nitrogens with two attached hydrogens (primary N) is 1. The van der Waals surface area contributed by atoms with Gasteiger partial charge in [0.15, 0.2) is 16.6 Å². The number of aromatic nitrogens is 3. The Morgan fingerprint density at radius 2 is 2.03 bits per heavy atom. The summed E-state index contributed by atoms with van der Waals surface area (Å²) < 4.78 is 5.55. The lowest BCUT2D eigenvalue weighted by Crippen LogP contribution is -2.71. The number of hydrogen-bond donors (Lipinski definition) is 5. The number of fused-ring (bicyclic) bond motifs is 1. The number of anilines is 1. The van der Waals surface area contributed by atoms with Crippen molar-refractivity contribution in [1.82, 2.24) is 25.4 Å². The summed E-state index contributed by atoms with van der Waals surface area (Å²) in [5, 5.41) is 40.0. The van der Waals surface area contributed by atoms with Crippen LogP contribution in [0.25, 0.3) is 11.5 Å². The van der Waals surface area contributed by atoms with E-state index in [1.807, 2.05) is 0 Å². The van der Waals surface area contributed by atoms with Crippen LogP contribution in [0.4, 0.5) is 5.13 Å². The van der Waals surface area contributed by atoms with E-state index in [-0.39, 0.29) is 50.6 Å². The third kappa shape index (κ3) is 4.66. The number of carbonyl (C=O) groups is 4. The Labute approximate surface area is 224 Å². The number of phenolic OH excluding ortho intramolecular Hbond substituents is 2. The largest absolute Gasteiger partial charge is 0.504 e. The van der Waals surface area contributed by atoms with Gasteiger partial charge in [0.1, 0.15) is 22.8 Å². The summed E-state index contributed by atoms with van der Waals surface area (Å²) in [5.74, 6) is -4.18. The van der Waals surface area contributed by atoms with Crippen molar-refractivity contribution < 1.29 is 38.9 Å². The highest BCUT2D eigenvalue weighted by atomic mass is 32.2. The van der Waals surface area contributed by atoms with Crippen LogP contribution >= 0.6 is 34.9 Å². The molecule has 1 saturated heterocycles. The van der Waals surface area contributed by atoms with Crippen LogP contribution in [0.3, 0.4) is 0 Å². The highest BCUT2D eigenvalue weighted by Gasteiger charge is 2.54. The van der Waals surface area contributed by atoms with Crippen molar-refractivity contribution in [3.8, 4) is 23.0 Å². The second-order valence-corrected chi connectivity index (χ2v) is 10.8. The monoisotopic (exact) mass is 576 g/mol. The third-order valence-corrected chi connectivity index (χ3v) is 8.41. The predicted molar refractivity (Wildman–Crippen MR) is 134 cm³/mol. The summed E-state index contributed by atoms with van der Waals surface area (Å²) in [7, 11) is 0. The van der Waals surface area contributed by atoms with Crippen molar-refractivity contribution in [1.29, 1.82) is 0 Å². The van der Waals surface area contributed by atoms with Crippen molar-refractivity contribution in [3.05, 3.63) is 40.5 Å². The summed E-state index contributed by atoms with van der Waals surface area (Å²) in [5.41, 5.74) is 5.94. The second-order valence-electron chi connectivity index (χ2n) is 7.88. The number of thiazole rings is 1. The summed E-state index contributed by atoms with van der Waals surface area (Å²) in [6.07, 6.45) is 0. The van der Waals surface area contributed by atoms with E-state index >= 15 is 0 Å². The Bertz CT molecular complexity index is 1520. The van der Waals surface area contributed by atoms with Crippen LogP contribution in [-0.2, 0) is 14.4 Å². The van der Waals surface area contributed by atoms with Gasteiger partial charge in [0.05, 0.1) is 0 Å². The van der Waals surface area contributed by atoms with E-state index in [0.29, 0.717) is 11.1 Å². The number of carboxylic acids is 1. The van der Waals surface area contributed by atoms with Crippen LogP contribution in [0, 0.1) is 0 Å². The first-order valence-electron chi connectivity index (χ1n) is 10.6. The van der Waals surface area contributed by atoms with Gasteiger partial charge in [0.2, 0.25) is 5.89 Å². The lowest BCUT2D eigenvalue weighted by molar-refractivity contribution is -0.150. The highest BCUT2D eigenvalue weighted by Crippen LogP contribution is 2.41. The molecule has 5 rings (SSSR count). The van der Waals surface area contributed by atoms with E-state index in [0.717, 1.165) is 28.0 Å². The van der Waals surface area contributed by atoms with Crippen LogP contribution in [0.2, 0.25) is 0 Å². The topological polar surface area (TPSA) is 222 Å². The normalized spacial score (nSPS) is 18.6. The number of nitrogen functional groups attached to an aromatic ring is 1. The predicted octanol–water partition coefficient (Wildman–Crippen LogP) is 0.900. The molecule has 0 saturated carbocycles. The molecule has 196 valence electrons. The third-order valence-electron chi connectivity index (χ3n) is 5.50. The average Bonchev–Trinajstić information content (AvgIpc) is 3.55. The molecule has 3 aromatic rings. The number of thioether (sulfide) groups is 2. The van der Waals surface area contributed by atoms with Gasteiger partial charge in [0.25, 0.3) is 22.8 Å². The number of β-lactam (4-membered cyclic amide) rings is 1. The van der Waals surface area contributed by atoms with Crippen LogP contribution in [-0.4, -0.2) is 81.9 Å². The Balaban J connectivity index is 1.26. The number of amides is 2. The van der Waals surface area contributed by atoms with Crippen LogP contribution < -0.4 is 11.1 Å². The fraction of sp³-hybridized carbons (Fsp3) is 0.190. The smallest absolute Gasteiger partial charge is 0.352 e. The maximum Gasteiger partial charge on any atom is 0.352 e. The average molecular weight is 577 g/mol. The molecular weight excluding hydrogens is 560 g/mol. The van der Waals surface area contributed by atoms with E-state index in [1.54, 1.807) is 0 Å². The number of benzene rings is 1. The fourth-order valence-electron chi connectivity index (χ4n) is 3.70. The summed E-state index contributed by atoms with van der Waals surface area (Å²) in [4.78, 5) is 54.3. The van der Waals surface area contributed by atoms with Gasteiger partial charge in [-0.15, -0.1) is 33.3 Å². The molecule has 1 aromatic carbocycles. The first-order valence-corrected chi connectivity index (χ1v) is 13.5. The van der Waals surface area contributed by atoms with Gasteiger partial charge in [-0.1, -0.05) is 11.8 Å². The maximum atomic E-state index is 12.8. The molecule has 14 nitrogen and oxygen atoms in total. The van der Waals surface area contributed by atoms with Gasteiger partial charge < -0.3 is 30.8 Å². The molecule has 2 aromatic heterocycles. The molecular formula is C21H16N6O8S3. The summed E-state index contributed by atoms with van der Waals surface area (Å²) in [6, 6.07) is 2.93. The van der Waals surface area contributed by atoms with Gasteiger partial charge >= 0.3 is 5.97 Å². The van der Waals surface area contributed by atoms with Gasteiger partial charge in [-0.3, -0.25) is 19.3 Å². The SMILES string of the molecule is Nc1nc(C(=O)C(=O)N[C@@H]2C(=O)N3C(C(=O)O)=C(CSc4nnc(-c5ccc(O)c(O)c5)o4)CS[C@H]23)cs1. The molecule has 0 aliphatic carbocycles. The first-order chi connectivity index (χ1) is 18.1. The van der Waals surface area contributed by atoms with Crippen molar-refractivity contribution >= 4 is 63.6 Å². The zero-order valence-corrected chi connectivity index (χ0v) is 21.3. The maximum absolute atomic E-state index is 12.8. The Hall–Kier alpha value is -4.09. The fourth-order valence-corrected chi connectivity index (χ4v) is 6.49. The molecule has 2 amide bonds. The number of nitrogens with one attached hydrogen (secondary N) is 1. The molecule has 2 atom stereocenters. The lowest BCUT2D eigenvalue weighted by atomic mass is 10.0. The number of nitrogens with zero attached hydrogens (tertiary/aromatic N) is 4. The molecule has 0 radical (unpaired) electrons. The number of hydrogen-bond acceptors (Lipinski definition) is 14. The molecule has 2 aliphatic rings. The molecule has 6 N–H and O–H groups in total. The van der Waals surface area contributed by atoms with Gasteiger partial charge in [0, 0.05) is 22.4 Å². The minimum Gasteiger partial charge on any atom is -0.504 e. The molecule has 2 aliphatic heterocycles. The molecule has 0 spiro atoms. The van der Waals surface area contributed by atoms with Crippen molar-refractivity contribution in [2.24, 2.45) is 0 Å². The Kier molecular flexibility index (Phi) is 6.72. The van der Waals surface area contributed by atoms with E-state index in [4.69, 9.17) is 10.2 Å².